The highest BCUT2D eigenvalue weighted by Gasteiger charge is 2.18. The molecule has 1 atom stereocenters. The van der Waals surface area contributed by atoms with E-state index < -0.39 is 6.10 Å². The minimum Gasteiger partial charge on any atom is -0.489 e. The van der Waals surface area contributed by atoms with Gasteiger partial charge in [0.1, 0.15) is 18.5 Å². The standard InChI is InChI=1S/C19H18O2/c1-3-14-21-18-13-9-8-12-17(18)19(20)16(4-2)15-10-6-5-7-11-15/h3,5-13,19-20H,1-2,14H2. The highest BCUT2D eigenvalue weighted by Crippen LogP contribution is 2.34. The lowest BCUT2D eigenvalue weighted by molar-refractivity contribution is 0.230. The molecule has 0 bridgehead atoms. The summed E-state index contributed by atoms with van der Waals surface area (Å²) in [5.41, 5.74) is 5.05. The number of hydrogen-bond acceptors (Lipinski definition) is 2. The molecule has 0 saturated heterocycles. The van der Waals surface area contributed by atoms with E-state index in [0.29, 0.717) is 23.5 Å². The lowest BCUT2D eigenvalue weighted by Crippen LogP contribution is -2.04. The summed E-state index contributed by atoms with van der Waals surface area (Å²) in [6.45, 7) is 7.72. The Hall–Kier alpha value is -2.54. The lowest BCUT2D eigenvalue weighted by Gasteiger charge is -2.17. The fourth-order valence-electron chi connectivity index (χ4n) is 2.12. The second-order valence-electron chi connectivity index (χ2n) is 4.50. The van der Waals surface area contributed by atoms with E-state index in [0.717, 1.165) is 5.56 Å². The van der Waals surface area contributed by atoms with E-state index in [1.54, 1.807) is 6.08 Å². The maximum absolute atomic E-state index is 10.7. The van der Waals surface area contributed by atoms with Gasteiger partial charge in [0.05, 0.1) is 0 Å². The van der Waals surface area contributed by atoms with Gasteiger partial charge in [0.25, 0.3) is 0 Å². The van der Waals surface area contributed by atoms with Gasteiger partial charge in [-0.25, -0.2) is 0 Å². The molecule has 0 spiro atoms. The van der Waals surface area contributed by atoms with Crippen LogP contribution in [0.25, 0.3) is 5.57 Å². The van der Waals surface area contributed by atoms with Crippen LogP contribution in [0.5, 0.6) is 5.75 Å². The summed E-state index contributed by atoms with van der Waals surface area (Å²) in [6.07, 6.45) is 0.829. The Morgan fingerprint density at radius 2 is 1.81 bits per heavy atom. The van der Waals surface area contributed by atoms with E-state index in [9.17, 15) is 5.11 Å². The molecule has 0 amide bonds. The van der Waals surface area contributed by atoms with Crippen molar-refractivity contribution < 1.29 is 9.84 Å². The Labute approximate surface area is 125 Å². The normalized spacial score (nSPS) is 11.3. The third-order valence-corrected chi connectivity index (χ3v) is 3.12. The predicted octanol–water partition coefficient (Wildman–Crippen LogP) is 4.15. The van der Waals surface area contributed by atoms with Crippen molar-refractivity contribution in [2.24, 2.45) is 0 Å². The first kappa shape index (κ1) is 14.9. The van der Waals surface area contributed by atoms with Crippen LogP contribution in [-0.4, -0.2) is 11.7 Å². The molecule has 0 fully saturated rings. The van der Waals surface area contributed by atoms with Gasteiger partial charge in [-0.3, -0.25) is 0 Å². The lowest BCUT2D eigenvalue weighted by atomic mass is 9.95. The zero-order valence-corrected chi connectivity index (χ0v) is 11.8. The minimum absolute atomic E-state index is 0.391. The van der Waals surface area contributed by atoms with Crippen LogP contribution >= 0.6 is 0 Å². The summed E-state index contributed by atoms with van der Waals surface area (Å²) in [4.78, 5) is 0. The van der Waals surface area contributed by atoms with E-state index >= 15 is 0 Å². The van der Waals surface area contributed by atoms with Crippen LogP contribution in [0.2, 0.25) is 0 Å². The van der Waals surface area contributed by atoms with Gasteiger partial charge >= 0.3 is 0 Å². The number of hydrogen-bond donors (Lipinski definition) is 1. The summed E-state index contributed by atoms with van der Waals surface area (Å²) in [6, 6.07) is 17.0. The first-order valence-corrected chi connectivity index (χ1v) is 6.74. The van der Waals surface area contributed by atoms with Crippen molar-refractivity contribution in [1.29, 1.82) is 0 Å². The molecule has 0 aliphatic heterocycles. The maximum atomic E-state index is 10.7. The molecule has 2 aromatic carbocycles. The van der Waals surface area contributed by atoms with Gasteiger partial charge in [0.2, 0.25) is 0 Å². The topological polar surface area (TPSA) is 29.5 Å². The second kappa shape index (κ2) is 7.30. The molecule has 0 saturated carbocycles. The molecule has 2 aromatic rings. The third-order valence-electron chi connectivity index (χ3n) is 3.12. The molecule has 0 heterocycles. The van der Waals surface area contributed by atoms with Gasteiger partial charge in [-0.2, -0.15) is 0 Å². The fraction of sp³-hybridized carbons (Fsp3) is 0.105. The van der Waals surface area contributed by atoms with Gasteiger partial charge < -0.3 is 9.84 Å². The molecule has 1 unspecified atom stereocenters. The van der Waals surface area contributed by atoms with E-state index in [4.69, 9.17) is 4.74 Å². The number of aliphatic hydroxyl groups is 1. The van der Waals surface area contributed by atoms with Crippen LogP contribution in [0.15, 0.2) is 79.6 Å². The molecule has 21 heavy (non-hydrogen) atoms. The number of para-hydroxylation sites is 1. The largest absolute Gasteiger partial charge is 0.489 e. The molecule has 2 nitrogen and oxygen atoms in total. The van der Waals surface area contributed by atoms with Gasteiger partial charge in [-0.1, -0.05) is 67.8 Å². The zero-order valence-electron chi connectivity index (χ0n) is 11.8. The van der Waals surface area contributed by atoms with Crippen LogP contribution in [0, 0.1) is 0 Å². The molecular weight excluding hydrogens is 260 g/mol. The average Bonchev–Trinajstić information content (AvgIpc) is 2.55. The molecule has 2 rings (SSSR count). The highest BCUT2D eigenvalue weighted by atomic mass is 16.5. The number of rotatable bonds is 6. The van der Waals surface area contributed by atoms with Crippen LogP contribution < -0.4 is 4.74 Å². The van der Waals surface area contributed by atoms with E-state index in [1.807, 2.05) is 54.6 Å². The summed E-state index contributed by atoms with van der Waals surface area (Å²) >= 11 is 0. The van der Waals surface area contributed by atoms with Gasteiger partial charge in [0.15, 0.2) is 0 Å². The number of benzene rings is 2. The maximum Gasteiger partial charge on any atom is 0.125 e. The Balaban J connectivity index is 2.37. The van der Waals surface area contributed by atoms with Gasteiger partial charge in [-0.05, 0) is 11.6 Å². The van der Waals surface area contributed by atoms with Crippen LogP contribution in [0.1, 0.15) is 17.2 Å². The Morgan fingerprint density at radius 1 is 1.14 bits per heavy atom. The highest BCUT2D eigenvalue weighted by molar-refractivity contribution is 5.70. The monoisotopic (exact) mass is 278 g/mol. The average molecular weight is 278 g/mol. The first-order chi connectivity index (χ1) is 10.3. The second-order valence-corrected chi connectivity index (χ2v) is 4.50. The molecule has 0 aliphatic rings. The van der Waals surface area contributed by atoms with Gasteiger partial charge in [0, 0.05) is 11.1 Å². The van der Waals surface area contributed by atoms with Crippen LogP contribution in [-0.2, 0) is 0 Å². The molecule has 2 heteroatoms. The molecular formula is C19H18O2. The Bertz CT molecular complexity index is 652. The molecule has 106 valence electrons. The van der Waals surface area contributed by atoms with Crippen molar-refractivity contribution in [3.63, 3.8) is 0 Å². The summed E-state index contributed by atoms with van der Waals surface area (Å²) in [7, 11) is 0. The van der Waals surface area contributed by atoms with Crippen LogP contribution in [0.3, 0.4) is 0 Å². The number of aliphatic hydroxyl groups excluding tert-OH is 1. The minimum atomic E-state index is -0.842. The molecule has 0 aliphatic carbocycles. The predicted molar refractivity (Wildman–Crippen MR) is 86.1 cm³/mol. The SMILES string of the molecule is C=C=C(c1ccccc1)C(O)c1ccccc1OCC=C. The summed E-state index contributed by atoms with van der Waals surface area (Å²) in [5.74, 6) is 0.633. The van der Waals surface area contributed by atoms with E-state index in [1.165, 1.54) is 0 Å². The Morgan fingerprint density at radius 3 is 2.48 bits per heavy atom. The van der Waals surface area contributed by atoms with E-state index in [2.05, 4.69) is 18.9 Å². The molecule has 1 N–H and O–H groups in total. The van der Waals surface area contributed by atoms with Crippen molar-refractivity contribution in [2.75, 3.05) is 6.61 Å². The van der Waals surface area contributed by atoms with Crippen molar-refractivity contribution in [2.45, 2.75) is 6.10 Å². The smallest absolute Gasteiger partial charge is 0.125 e. The van der Waals surface area contributed by atoms with E-state index in [-0.39, 0.29) is 0 Å². The fourth-order valence-corrected chi connectivity index (χ4v) is 2.12. The van der Waals surface area contributed by atoms with Crippen molar-refractivity contribution in [3.8, 4) is 5.75 Å². The van der Waals surface area contributed by atoms with Crippen molar-refractivity contribution >= 4 is 5.57 Å². The van der Waals surface area contributed by atoms with Crippen LogP contribution in [0.4, 0.5) is 0 Å². The first-order valence-electron chi connectivity index (χ1n) is 6.74. The quantitative estimate of drug-likeness (QED) is 0.635. The van der Waals surface area contributed by atoms with Crippen molar-refractivity contribution in [3.05, 3.63) is 90.7 Å². The number of ether oxygens (including phenoxy) is 1. The molecule has 0 radical (unpaired) electrons. The van der Waals surface area contributed by atoms with Gasteiger partial charge in [-0.15, -0.1) is 5.73 Å². The molecule has 0 aromatic heterocycles. The summed E-state index contributed by atoms with van der Waals surface area (Å²) < 4.78 is 5.60. The summed E-state index contributed by atoms with van der Waals surface area (Å²) in [5, 5.41) is 10.7. The van der Waals surface area contributed by atoms with Crippen molar-refractivity contribution in [1.82, 2.24) is 0 Å². The third kappa shape index (κ3) is 3.51. The zero-order chi connectivity index (χ0) is 15.1. The Kier molecular flexibility index (Phi) is 5.16.